The van der Waals surface area contributed by atoms with Gasteiger partial charge in [-0.15, -0.1) is 0 Å². The minimum Gasteiger partial charge on any atom is -0.462 e. The van der Waals surface area contributed by atoms with Gasteiger partial charge < -0.3 is 4.74 Å². The molecule has 0 spiro atoms. The van der Waals surface area contributed by atoms with E-state index in [9.17, 15) is 4.79 Å². The molecule has 104 valence electrons. The van der Waals surface area contributed by atoms with E-state index in [1.807, 2.05) is 0 Å². The summed E-state index contributed by atoms with van der Waals surface area (Å²) in [6, 6.07) is 0. The Kier molecular flexibility index (Phi) is 4.03. The predicted molar refractivity (Wildman–Crippen MR) is 73.2 cm³/mol. The first-order valence-electron chi connectivity index (χ1n) is 7.63. The smallest absolute Gasteiger partial charge is 0.309 e. The summed E-state index contributed by atoms with van der Waals surface area (Å²) in [5.74, 6) is 1.55. The molecule has 2 heteroatoms. The van der Waals surface area contributed by atoms with Crippen LogP contribution in [0.4, 0.5) is 0 Å². The van der Waals surface area contributed by atoms with Gasteiger partial charge in [-0.2, -0.15) is 0 Å². The number of carbonyl (C=O) groups excluding carboxylic acids is 1. The Morgan fingerprint density at radius 1 is 1.33 bits per heavy atom. The highest BCUT2D eigenvalue weighted by Gasteiger charge is 2.46. The normalized spacial score (nSPS) is 39.0. The zero-order valence-electron chi connectivity index (χ0n) is 12.4. The first-order valence-corrected chi connectivity index (χ1v) is 7.63. The second-order valence-electron chi connectivity index (χ2n) is 7.26. The molecule has 4 atom stereocenters. The summed E-state index contributed by atoms with van der Waals surface area (Å²) in [7, 11) is 0. The molecule has 0 aromatic heterocycles. The lowest BCUT2D eigenvalue weighted by Crippen LogP contribution is -2.47. The Labute approximate surface area is 111 Å². The Bertz CT molecular complexity index is 308. The van der Waals surface area contributed by atoms with E-state index in [-0.39, 0.29) is 18.0 Å². The van der Waals surface area contributed by atoms with Gasteiger partial charge in [0.25, 0.3) is 0 Å². The summed E-state index contributed by atoms with van der Waals surface area (Å²) < 4.78 is 5.77. The molecule has 2 aliphatic rings. The van der Waals surface area contributed by atoms with Crippen molar-refractivity contribution in [1.82, 2.24) is 0 Å². The molecule has 0 aromatic rings. The molecule has 0 radical (unpaired) electrons. The molecule has 2 rings (SSSR count). The van der Waals surface area contributed by atoms with Crippen LogP contribution in [-0.4, -0.2) is 12.1 Å². The van der Waals surface area contributed by atoms with Crippen LogP contribution >= 0.6 is 0 Å². The molecule has 1 aliphatic carbocycles. The largest absolute Gasteiger partial charge is 0.462 e. The van der Waals surface area contributed by atoms with Crippen LogP contribution in [0.3, 0.4) is 0 Å². The molecule has 0 amide bonds. The van der Waals surface area contributed by atoms with Crippen LogP contribution in [0, 0.1) is 23.2 Å². The first-order chi connectivity index (χ1) is 8.43. The van der Waals surface area contributed by atoms with Crippen LogP contribution in [0.25, 0.3) is 0 Å². The fraction of sp³-hybridized carbons (Fsp3) is 0.938. The van der Waals surface area contributed by atoms with Gasteiger partial charge in [0.2, 0.25) is 0 Å². The fourth-order valence-corrected chi connectivity index (χ4v) is 4.04. The van der Waals surface area contributed by atoms with E-state index in [4.69, 9.17) is 4.74 Å². The quantitative estimate of drug-likeness (QED) is 0.704. The van der Waals surface area contributed by atoms with Gasteiger partial charge in [0.1, 0.15) is 6.10 Å². The summed E-state index contributed by atoms with van der Waals surface area (Å²) in [5, 5.41) is 0. The van der Waals surface area contributed by atoms with E-state index in [1.165, 1.54) is 12.8 Å². The number of hydrogen-bond donors (Lipinski definition) is 0. The maximum Gasteiger partial charge on any atom is 0.309 e. The van der Waals surface area contributed by atoms with Crippen molar-refractivity contribution in [2.45, 2.75) is 72.3 Å². The Balaban J connectivity index is 2.02. The standard InChI is InChI=1S/C16H28O2/c1-5-6-7-12-8-13-11(2)9-16(3,4)10-14(13)18-15(12)17/h11-14H,5-10H2,1-4H3. The lowest BCUT2D eigenvalue weighted by atomic mass is 9.63. The maximum absolute atomic E-state index is 12.1. The van der Waals surface area contributed by atoms with Crippen LogP contribution in [0.1, 0.15) is 66.2 Å². The second-order valence-corrected chi connectivity index (χ2v) is 7.26. The van der Waals surface area contributed by atoms with Crippen LogP contribution in [-0.2, 0) is 9.53 Å². The molecule has 2 nitrogen and oxygen atoms in total. The highest BCUT2D eigenvalue weighted by atomic mass is 16.5. The van der Waals surface area contributed by atoms with Crippen molar-refractivity contribution >= 4 is 5.97 Å². The van der Waals surface area contributed by atoms with E-state index in [1.54, 1.807) is 0 Å². The van der Waals surface area contributed by atoms with Crippen molar-refractivity contribution in [3.8, 4) is 0 Å². The van der Waals surface area contributed by atoms with Gasteiger partial charge in [0, 0.05) is 0 Å². The summed E-state index contributed by atoms with van der Waals surface area (Å²) in [4.78, 5) is 12.1. The summed E-state index contributed by atoms with van der Waals surface area (Å²) in [5.41, 5.74) is 0.330. The van der Waals surface area contributed by atoms with E-state index >= 15 is 0 Å². The van der Waals surface area contributed by atoms with Gasteiger partial charge in [-0.3, -0.25) is 4.79 Å². The number of rotatable bonds is 3. The van der Waals surface area contributed by atoms with Crippen LogP contribution < -0.4 is 0 Å². The third-order valence-corrected chi connectivity index (χ3v) is 4.90. The van der Waals surface area contributed by atoms with E-state index in [2.05, 4.69) is 27.7 Å². The number of esters is 1. The minimum absolute atomic E-state index is 0.0783. The summed E-state index contributed by atoms with van der Waals surface area (Å²) in [6.45, 7) is 9.13. The Hall–Kier alpha value is -0.530. The average molecular weight is 252 g/mol. The van der Waals surface area contributed by atoms with Crippen molar-refractivity contribution in [1.29, 1.82) is 0 Å². The highest BCUT2D eigenvalue weighted by Crippen LogP contribution is 2.47. The summed E-state index contributed by atoms with van der Waals surface area (Å²) in [6.07, 6.45) is 6.92. The topological polar surface area (TPSA) is 26.3 Å². The van der Waals surface area contributed by atoms with Crippen LogP contribution in [0.2, 0.25) is 0 Å². The van der Waals surface area contributed by atoms with Crippen molar-refractivity contribution in [3.63, 3.8) is 0 Å². The molecular weight excluding hydrogens is 224 g/mol. The van der Waals surface area contributed by atoms with Gasteiger partial charge >= 0.3 is 5.97 Å². The molecule has 18 heavy (non-hydrogen) atoms. The molecular formula is C16H28O2. The molecule has 1 heterocycles. The first kappa shape index (κ1) is 13.9. The number of ether oxygens (including phenoxy) is 1. The van der Waals surface area contributed by atoms with Crippen molar-refractivity contribution < 1.29 is 9.53 Å². The number of hydrogen-bond acceptors (Lipinski definition) is 2. The molecule has 1 saturated heterocycles. The zero-order chi connectivity index (χ0) is 13.3. The third-order valence-electron chi connectivity index (χ3n) is 4.90. The van der Waals surface area contributed by atoms with Crippen molar-refractivity contribution in [2.24, 2.45) is 23.2 Å². The zero-order valence-corrected chi connectivity index (χ0v) is 12.4. The van der Waals surface area contributed by atoms with Gasteiger partial charge in [0.05, 0.1) is 5.92 Å². The van der Waals surface area contributed by atoms with Crippen LogP contribution in [0.15, 0.2) is 0 Å². The fourth-order valence-electron chi connectivity index (χ4n) is 4.04. The SMILES string of the molecule is CCCCC1CC2C(C)CC(C)(C)CC2OC1=O. The minimum atomic E-state index is 0.0783. The lowest BCUT2D eigenvalue weighted by Gasteiger charge is -2.47. The molecule has 0 bridgehead atoms. The number of fused-ring (bicyclic) bond motifs is 1. The average Bonchev–Trinajstić information content (AvgIpc) is 2.25. The van der Waals surface area contributed by atoms with E-state index in [0.717, 1.165) is 25.7 Å². The molecule has 1 saturated carbocycles. The molecule has 4 unspecified atom stereocenters. The molecule has 1 aliphatic heterocycles. The van der Waals surface area contributed by atoms with Crippen molar-refractivity contribution in [2.75, 3.05) is 0 Å². The Morgan fingerprint density at radius 3 is 2.72 bits per heavy atom. The van der Waals surface area contributed by atoms with E-state index in [0.29, 0.717) is 17.3 Å². The summed E-state index contributed by atoms with van der Waals surface area (Å²) >= 11 is 0. The molecule has 2 fully saturated rings. The third kappa shape index (κ3) is 2.89. The molecule has 0 aromatic carbocycles. The predicted octanol–water partition coefficient (Wildman–Crippen LogP) is 4.18. The number of carbonyl (C=O) groups is 1. The van der Waals surface area contributed by atoms with Gasteiger partial charge in [-0.25, -0.2) is 0 Å². The highest BCUT2D eigenvalue weighted by molar-refractivity contribution is 5.73. The monoisotopic (exact) mass is 252 g/mol. The van der Waals surface area contributed by atoms with E-state index < -0.39 is 0 Å². The van der Waals surface area contributed by atoms with Gasteiger partial charge in [-0.05, 0) is 42.9 Å². The maximum atomic E-state index is 12.1. The van der Waals surface area contributed by atoms with Crippen LogP contribution in [0.5, 0.6) is 0 Å². The second kappa shape index (κ2) is 5.22. The Morgan fingerprint density at radius 2 is 2.06 bits per heavy atom. The molecule has 0 N–H and O–H groups in total. The van der Waals surface area contributed by atoms with Crippen molar-refractivity contribution in [3.05, 3.63) is 0 Å². The lowest BCUT2D eigenvalue weighted by molar-refractivity contribution is -0.176. The number of unbranched alkanes of at least 4 members (excludes halogenated alkanes) is 1. The van der Waals surface area contributed by atoms with Gasteiger partial charge in [-0.1, -0.05) is 40.5 Å². The van der Waals surface area contributed by atoms with Gasteiger partial charge in [0.15, 0.2) is 0 Å².